The number of hydrogen-bond donors (Lipinski definition) is 1. The summed E-state index contributed by atoms with van der Waals surface area (Å²) >= 11 is 0. The van der Waals surface area contributed by atoms with Gasteiger partial charge < -0.3 is 15.0 Å². The molecule has 0 saturated carbocycles. The Morgan fingerprint density at radius 3 is 2.06 bits per heavy atom. The number of benzene rings is 3. The molecule has 1 N–H and O–H groups in total. The summed E-state index contributed by atoms with van der Waals surface area (Å²) in [5, 5.41) is 3.01. The molecule has 0 bridgehead atoms. The molecule has 0 aliphatic carbocycles. The normalized spacial score (nSPS) is 11.5. The molecule has 2 amide bonds. The first kappa shape index (κ1) is 25.0. The molecule has 0 aromatic heterocycles. The first-order valence-corrected chi connectivity index (χ1v) is 11.9. The lowest BCUT2D eigenvalue weighted by atomic mass is 10.0. The SMILES string of the molecule is CCCNC(=O)C(Cc1ccccc1)N(Cc1ccc(OC)cc1)C(=O)CCc1ccccc1. The number of nitrogens with zero attached hydrogens (tertiary/aromatic N) is 1. The highest BCUT2D eigenvalue weighted by Crippen LogP contribution is 2.19. The highest BCUT2D eigenvalue weighted by Gasteiger charge is 2.30. The minimum absolute atomic E-state index is 0.0350. The number of ether oxygens (including phenoxy) is 1. The van der Waals surface area contributed by atoms with Gasteiger partial charge >= 0.3 is 0 Å². The Kier molecular flexibility index (Phi) is 9.71. The van der Waals surface area contributed by atoms with Crippen LogP contribution in [-0.4, -0.2) is 36.4 Å². The van der Waals surface area contributed by atoms with Gasteiger partial charge in [0.25, 0.3) is 0 Å². The van der Waals surface area contributed by atoms with Crippen LogP contribution in [0.4, 0.5) is 0 Å². The zero-order valence-corrected chi connectivity index (χ0v) is 20.1. The van der Waals surface area contributed by atoms with Crippen LogP contribution in [0.15, 0.2) is 84.9 Å². The second kappa shape index (κ2) is 13.2. The number of hydrogen-bond acceptors (Lipinski definition) is 3. The molecule has 0 heterocycles. The van der Waals surface area contributed by atoms with Gasteiger partial charge in [0.15, 0.2) is 0 Å². The van der Waals surface area contributed by atoms with Crippen molar-refractivity contribution in [3.63, 3.8) is 0 Å². The maximum atomic E-state index is 13.6. The van der Waals surface area contributed by atoms with E-state index in [2.05, 4.69) is 5.32 Å². The van der Waals surface area contributed by atoms with Gasteiger partial charge in [-0.2, -0.15) is 0 Å². The predicted octanol–water partition coefficient (Wildman–Crippen LogP) is 4.79. The standard InChI is InChI=1S/C29H34N2O3/c1-3-20-30-29(33)27(21-24-12-8-5-9-13-24)31(22-25-14-17-26(34-2)18-15-25)28(32)19-16-23-10-6-4-7-11-23/h4-15,17-18,27H,3,16,19-22H2,1-2H3,(H,30,33). The third kappa shape index (κ3) is 7.48. The summed E-state index contributed by atoms with van der Waals surface area (Å²) in [6.07, 6.45) is 2.27. The first-order chi connectivity index (χ1) is 16.6. The molecule has 0 spiro atoms. The third-order valence-electron chi connectivity index (χ3n) is 5.80. The van der Waals surface area contributed by atoms with Gasteiger partial charge in [0.1, 0.15) is 11.8 Å². The van der Waals surface area contributed by atoms with Crippen LogP contribution >= 0.6 is 0 Å². The summed E-state index contributed by atoms with van der Waals surface area (Å²) in [5.74, 6) is 0.603. The van der Waals surface area contributed by atoms with Gasteiger partial charge in [-0.1, -0.05) is 79.7 Å². The number of nitrogens with one attached hydrogen (secondary N) is 1. The van der Waals surface area contributed by atoms with Crippen LogP contribution < -0.4 is 10.1 Å². The van der Waals surface area contributed by atoms with E-state index >= 15 is 0 Å². The first-order valence-electron chi connectivity index (χ1n) is 11.9. The van der Waals surface area contributed by atoms with Gasteiger partial charge in [0.05, 0.1) is 7.11 Å². The molecule has 0 aliphatic heterocycles. The summed E-state index contributed by atoms with van der Waals surface area (Å²) in [7, 11) is 1.63. The summed E-state index contributed by atoms with van der Waals surface area (Å²) < 4.78 is 5.27. The van der Waals surface area contributed by atoms with Gasteiger partial charge in [-0.15, -0.1) is 0 Å². The summed E-state index contributed by atoms with van der Waals surface area (Å²) in [5.41, 5.74) is 3.08. The van der Waals surface area contributed by atoms with Crippen LogP contribution in [0.25, 0.3) is 0 Å². The fourth-order valence-electron chi connectivity index (χ4n) is 3.89. The van der Waals surface area contributed by atoms with Crippen LogP contribution in [0.2, 0.25) is 0 Å². The molecule has 34 heavy (non-hydrogen) atoms. The van der Waals surface area contributed by atoms with Crippen molar-refractivity contribution in [3.05, 3.63) is 102 Å². The minimum Gasteiger partial charge on any atom is -0.497 e. The molecular weight excluding hydrogens is 424 g/mol. The lowest BCUT2D eigenvalue weighted by Crippen LogP contribution is -2.50. The number of carbonyl (C=O) groups excluding carboxylic acids is 2. The lowest BCUT2D eigenvalue weighted by Gasteiger charge is -2.31. The van der Waals surface area contributed by atoms with E-state index in [0.29, 0.717) is 32.4 Å². The molecule has 3 rings (SSSR count). The third-order valence-corrected chi connectivity index (χ3v) is 5.80. The zero-order valence-electron chi connectivity index (χ0n) is 20.1. The molecule has 5 heteroatoms. The van der Waals surface area contributed by atoms with E-state index in [9.17, 15) is 9.59 Å². The average molecular weight is 459 g/mol. The summed E-state index contributed by atoms with van der Waals surface area (Å²) in [6, 6.07) is 26.9. The van der Waals surface area contributed by atoms with E-state index in [4.69, 9.17) is 4.74 Å². The van der Waals surface area contributed by atoms with Gasteiger partial charge in [-0.3, -0.25) is 9.59 Å². The molecule has 0 fully saturated rings. The number of rotatable bonds is 12. The smallest absolute Gasteiger partial charge is 0.243 e. The molecule has 1 atom stereocenters. The molecule has 178 valence electrons. The number of methoxy groups -OCH3 is 1. The minimum atomic E-state index is -0.598. The van der Waals surface area contributed by atoms with Crippen molar-refractivity contribution in [2.45, 2.75) is 45.2 Å². The van der Waals surface area contributed by atoms with E-state index in [0.717, 1.165) is 28.9 Å². The fraction of sp³-hybridized carbons (Fsp3) is 0.310. The maximum absolute atomic E-state index is 13.6. The molecule has 5 nitrogen and oxygen atoms in total. The zero-order chi connectivity index (χ0) is 24.2. The summed E-state index contributed by atoms with van der Waals surface area (Å²) in [6.45, 7) is 2.96. The number of aryl methyl sites for hydroxylation is 1. The summed E-state index contributed by atoms with van der Waals surface area (Å²) in [4.78, 5) is 28.6. The Hall–Kier alpha value is -3.60. The highest BCUT2D eigenvalue weighted by atomic mass is 16.5. The van der Waals surface area contributed by atoms with Crippen molar-refractivity contribution >= 4 is 11.8 Å². The van der Waals surface area contributed by atoms with Crippen molar-refractivity contribution in [2.75, 3.05) is 13.7 Å². The van der Waals surface area contributed by atoms with Crippen molar-refractivity contribution in [1.29, 1.82) is 0 Å². The average Bonchev–Trinajstić information content (AvgIpc) is 2.89. The Morgan fingerprint density at radius 1 is 0.853 bits per heavy atom. The second-order valence-corrected chi connectivity index (χ2v) is 8.35. The fourth-order valence-corrected chi connectivity index (χ4v) is 3.89. The molecule has 1 unspecified atom stereocenters. The van der Waals surface area contributed by atoms with Crippen LogP contribution in [0.5, 0.6) is 5.75 Å². The van der Waals surface area contributed by atoms with Crippen LogP contribution in [0.3, 0.4) is 0 Å². The predicted molar refractivity (Wildman–Crippen MR) is 136 cm³/mol. The van der Waals surface area contributed by atoms with Crippen molar-refractivity contribution < 1.29 is 14.3 Å². The molecular formula is C29H34N2O3. The lowest BCUT2D eigenvalue weighted by molar-refractivity contribution is -0.141. The Balaban J connectivity index is 1.88. The Bertz CT molecular complexity index is 1020. The van der Waals surface area contributed by atoms with Gasteiger partial charge in [0.2, 0.25) is 11.8 Å². The number of carbonyl (C=O) groups is 2. The van der Waals surface area contributed by atoms with Crippen LogP contribution in [-0.2, 0) is 29.0 Å². The Labute approximate surface area is 202 Å². The second-order valence-electron chi connectivity index (χ2n) is 8.35. The molecule has 0 saturated heterocycles. The van der Waals surface area contributed by atoms with Crippen molar-refractivity contribution in [2.24, 2.45) is 0 Å². The number of amides is 2. The highest BCUT2D eigenvalue weighted by molar-refractivity contribution is 5.88. The van der Waals surface area contributed by atoms with E-state index < -0.39 is 6.04 Å². The largest absolute Gasteiger partial charge is 0.497 e. The monoisotopic (exact) mass is 458 g/mol. The van der Waals surface area contributed by atoms with Crippen molar-refractivity contribution in [1.82, 2.24) is 10.2 Å². The van der Waals surface area contributed by atoms with E-state index in [-0.39, 0.29) is 11.8 Å². The maximum Gasteiger partial charge on any atom is 0.243 e. The molecule has 3 aromatic rings. The Morgan fingerprint density at radius 2 is 1.47 bits per heavy atom. The quantitative estimate of drug-likeness (QED) is 0.424. The van der Waals surface area contributed by atoms with E-state index in [1.54, 1.807) is 12.0 Å². The van der Waals surface area contributed by atoms with Gasteiger partial charge in [-0.25, -0.2) is 0 Å². The van der Waals surface area contributed by atoms with Gasteiger partial charge in [-0.05, 0) is 41.7 Å². The molecule has 0 radical (unpaired) electrons. The topological polar surface area (TPSA) is 58.6 Å². The van der Waals surface area contributed by atoms with Crippen LogP contribution in [0, 0.1) is 0 Å². The molecule has 0 aliphatic rings. The molecule has 3 aromatic carbocycles. The van der Waals surface area contributed by atoms with Gasteiger partial charge in [0, 0.05) is 25.9 Å². The van der Waals surface area contributed by atoms with E-state index in [1.165, 1.54) is 0 Å². The van der Waals surface area contributed by atoms with Crippen LogP contribution in [0.1, 0.15) is 36.5 Å². The van der Waals surface area contributed by atoms with E-state index in [1.807, 2.05) is 91.9 Å². The van der Waals surface area contributed by atoms with Crippen molar-refractivity contribution in [3.8, 4) is 5.75 Å².